The van der Waals surface area contributed by atoms with Crippen LogP contribution in [0.5, 0.6) is 0 Å². The number of benzene rings is 1. The third kappa shape index (κ3) is 4.10. The number of thiazole rings is 1. The minimum Gasteiger partial charge on any atom is -0.354 e. The van der Waals surface area contributed by atoms with Gasteiger partial charge in [-0.3, -0.25) is 14.5 Å². The summed E-state index contributed by atoms with van der Waals surface area (Å²) in [6.45, 7) is 5.17. The number of carbonyl (C=O) groups is 2. The second-order valence-corrected chi connectivity index (χ2v) is 8.42. The molecule has 1 aromatic carbocycles. The number of nitrogens with one attached hydrogen (secondary N) is 1. The molecule has 2 bridgehead atoms. The number of fused-ring (bicyclic) bond motifs is 2. The van der Waals surface area contributed by atoms with Crippen molar-refractivity contribution < 1.29 is 9.59 Å². The van der Waals surface area contributed by atoms with Crippen molar-refractivity contribution in [2.24, 2.45) is 0 Å². The van der Waals surface area contributed by atoms with Gasteiger partial charge in [-0.05, 0) is 25.0 Å². The van der Waals surface area contributed by atoms with Crippen LogP contribution in [0.1, 0.15) is 34.4 Å². The van der Waals surface area contributed by atoms with Gasteiger partial charge in [0.15, 0.2) is 0 Å². The summed E-state index contributed by atoms with van der Waals surface area (Å²) in [6.07, 6.45) is 2.22. The minimum absolute atomic E-state index is 0.00444. The van der Waals surface area contributed by atoms with Crippen LogP contribution in [0.4, 0.5) is 0 Å². The smallest absolute Gasteiger partial charge is 0.254 e. The van der Waals surface area contributed by atoms with Crippen LogP contribution in [-0.4, -0.2) is 64.9 Å². The normalized spacial score (nSPS) is 23.6. The van der Waals surface area contributed by atoms with E-state index < -0.39 is 0 Å². The SMILES string of the molecule is CCc1nc(CC(=O)NC[C@@H]2CN(C(=O)c3ccccc3)[C@H]3CCN2C3)cs1. The summed E-state index contributed by atoms with van der Waals surface area (Å²) in [5, 5.41) is 6.08. The Balaban J connectivity index is 1.35. The molecule has 148 valence electrons. The van der Waals surface area contributed by atoms with Gasteiger partial charge in [0.1, 0.15) is 0 Å². The van der Waals surface area contributed by atoms with Gasteiger partial charge in [0.25, 0.3) is 5.91 Å². The molecule has 2 aromatic rings. The van der Waals surface area contributed by atoms with Crippen LogP contribution >= 0.6 is 11.3 Å². The highest BCUT2D eigenvalue weighted by Gasteiger charge is 2.40. The molecule has 3 atom stereocenters. The van der Waals surface area contributed by atoms with Crippen molar-refractivity contribution in [2.75, 3.05) is 26.2 Å². The molecule has 0 spiro atoms. The highest BCUT2D eigenvalue weighted by atomic mass is 32.1. The van der Waals surface area contributed by atoms with Crippen molar-refractivity contribution in [2.45, 2.75) is 38.3 Å². The van der Waals surface area contributed by atoms with Crippen LogP contribution < -0.4 is 5.32 Å². The first kappa shape index (κ1) is 19.1. The molecule has 0 radical (unpaired) electrons. The number of amides is 2. The lowest BCUT2D eigenvalue weighted by atomic mass is 10.1. The van der Waals surface area contributed by atoms with E-state index in [1.54, 1.807) is 11.3 Å². The number of hydrogen-bond donors (Lipinski definition) is 1. The maximum absolute atomic E-state index is 13.0. The standard InChI is InChI=1S/C21H26N4O2S/c1-2-20-23-16(14-28-20)10-19(26)22-11-18-13-25(17-8-9-24(18)12-17)21(27)15-6-4-3-5-7-15/h3-7,14,17-18H,2,8-13H2,1H3,(H,22,26)/t17-,18+/m0/s1. The molecule has 1 N–H and O–H groups in total. The molecular formula is C21H26N4O2S. The van der Waals surface area contributed by atoms with Crippen LogP contribution in [0.15, 0.2) is 35.7 Å². The molecule has 0 saturated carbocycles. The first-order valence-electron chi connectivity index (χ1n) is 9.94. The number of carbonyl (C=O) groups excluding carboxylic acids is 2. The lowest BCUT2D eigenvalue weighted by molar-refractivity contribution is -0.120. The average Bonchev–Trinajstić information content (AvgIpc) is 3.35. The molecule has 2 amide bonds. The zero-order chi connectivity index (χ0) is 19.5. The Morgan fingerprint density at radius 3 is 2.82 bits per heavy atom. The van der Waals surface area contributed by atoms with E-state index in [2.05, 4.69) is 22.1 Å². The molecule has 2 fully saturated rings. The van der Waals surface area contributed by atoms with E-state index >= 15 is 0 Å². The van der Waals surface area contributed by atoms with Gasteiger partial charge in [0.05, 0.1) is 17.1 Å². The first-order valence-corrected chi connectivity index (χ1v) is 10.8. The van der Waals surface area contributed by atoms with Gasteiger partial charge in [0, 0.05) is 49.2 Å². The van der Waals surface area contributed by atoms with Crippen molar-refractivity contribution in [3.63, 3.8) is 0 Å². The summed E-state index contributed by atoms with van der Waals surface area (Å²) in [6, 6.07) is 9.92. The number of aromatic nitrogens is 1. The van der Waals surface area contributed by atoms with Gasteiger partial charge < -0.3 is 10.2 Å². The summed E-state index contributed by atoms with van der Waals surface area (Å²) in [4.78, 5) is 34.2. The van der Waals surface area contributed by atoms with Crippen molar-refractivity contribution in [1.82, 2.24) is 20.1 Å². The van der Waals surface area contributed by atoms with E-state index in [-0.39, 0.29) is 23.9 Å². The summed E-state index contributed by atoms with van der Waals surface area (Å²) in [5.41, 5.74) is 1.58. The summed E-state index contributed by atoms with van der Waals surface area (Å²) in [7, 11) is 0. The second kappa shape index (κ2) is 8.41. The molecule has 2 aliphatic rings. The average molecular weight is 399 g/mol. The number of piperazine rings is 1. The van der Waals surface area contributed by atoms with E-state index in [1.807, 2.05) is 40.6 Å². The van der Waals surface area contributed by atoms with Gasteiger partial charge in [-0.2, -0.15) is 0 Å². The van der Waals surface area contributed by atoms with Crippen molar-refractivity contribution in [3.8, 4) is 0 Å². The molecule has 4 rings (SSSR count). The maximum atomic E-state index is 13.0. The monoisotopic (exact) mass is 398 g/mol. The first-order chi connectivity index (χ1) is 13.6. The lowest BCUT2D eigenvalue weighted by Crippen LogP contribution is -2.57. The highest BCUT2D eigenvalue weighted by molar-refractivity contribution is 7.09. The molecule has 0 aliphatic carbocycles. The zero-order valence-corrected chi connectivity index (χ0v) is 17.0. The predicted octanol–water partition coefficient (Wildman–Crippen LogP) is 1.96. The van der Waals surface area contributed by atoms with Crippen LogP contribution in [0.2, 0.25) is 0 Å². The van der Waals surface area contributed by atoms with E-state index in [9.17, 15) is 9.59 Å². The fourth-order valence-electron chi connectivity index (χ4n) is 4.09. The van der Waals surface area contributed by atoms with Gasteiger partial charge in [-0.15, -0.1) is 11.3 Å². The molecule has 2 aliphatic heterocycles. The van der Waals surface area contributed by atoms with Gasteiger partial charge in [-0.1, -0.05) is 25.1 Å². The molecule has 3 heterocycles. The Morgan fingerprint density at radius 1 is 1.25 bits per heavy atom. The fourth-order valence-corrected chi connectivity index (χ4v) is 4.83. The maximum Gasteiger partial charge on any atom is 0.254 e. The highest BCUT2D eigenvalue weighted by Crippen LogP contribution is 2.26. The topological polar surface area (TPSA) is 65.5 Å². The van der Waals surface area contributed by atoms with Crippen molar-refractivity contribution in [3.05, 3.63) is 52.0 Å². The predicted molar refractivity (Wildman–Crippen MR) is 109 cm³/mol. The Kier molecular flexibility index (Phi) is 5.73. The third-order valence-electron chi connectivity index (χ3n) is 5.62. The molecule has 1 aromatic heterocycles. The molecule has 28 heavy (non-hydrogen) atoms. The molecule has 7 heteroatoms. The summed E-state index contributed by atoms with van der Waals surface area (Å²) < 4.78 is 0. The second-order valence-electron chi connectivity index (χ2n) is 7.48. The number of nitrogens with zero attached hydrogens (tertiary/aromatic N) is 3. The Labute approximate surface area is 169 Å². The summed E-state index contributed by atoms with van der Waals surface area (Å²) in [5.74, 6) is 0.0910. The molecular weight excluding hydrogens is 372 g/mol. The largest absolute Gasteiger partial charge is 0.354 e. The van der Waals surface area contributed by atoms with Crippen LogP contribution in [0.3, 0.4) is 0 Å². The molecule has 2 saturated heterocycles. The number of aryl methyl sites for hydroxylation is 1. The van der Waals surface area contributed by atoms with Gasteiger partial charge in [0.2, 0.25) is 5.91 Å². The van der Waals surface area contributed by atoms with E-state index in [0.29, 0.717) is 19.5 Å². The van der Waals surface area contributed by atoms with Crippen LogP contribution in [0, 0.1) is 0 Å². The number of hydrogen-bond acceptors (Lipinski definition) is 5. The van der Waals surface area contributed by atoms with Crippen LogP contribution in [0.25, 0.3) is 0 Å². The van der Waals surface area contributed by atoms with Crippen molar-refractivity contribution in [1.29, 1.82) is 0 Å². The zero-order valence-electron chi connectivity index (χ0n) is 16.1. The number of rotatable bonds is 6. The molecule has 1 unspecified atom stereocenters. The third-order valence-corrected chi connectivity index (χ3v) is 6.66. The van der Waals surface area contributed by atoms with E-state index in [4.69, 9.17) is 0 Å². The quantitative estimate of drug-likeness (QED) is 0.808. The van der Waals surface area contributed by atoms with Gasteiger partial charge >= 0.3 is 0 Å². The molecule has 6 nitrogen and oxygen atoms in total. The fraction of sp³-hybridized carbons (Fsp3) is 0.476. The van der Waals surface area contributed by atoms with E-state index in [1.165, 1.54) is 0 Å². The van der Waals surface area contributed by atoms with Crippen LogP contribution in [-0.2, 0) is 17.6 Å². The lowest BCUT2D eigenvalue weighted by Gasteiger charge is -2.40. The minimum atomic E-state index is -0.00444. The Morgan fingerprint density at radius 2 is 2.07 bits per heavy atom. The van der Waals surface area contributed by atoms with Gasteiger partial charge in [-0.25, -0.2) is 4.98 Å². The van der Waals surface area contributed by atoms with Crippen molar-refractivity contribution >= 4 is 23.2 Å². The Hall–Kier alpha value is -2.25. The summed E-state index contributed by atoms with van der Waals surface area (Å²) >= 11 is 1.61. The Bertz CT molecular complexity index is 838. The van der Waals surface area contributed by atoms with E-state index in [0.717, 1.165) is 42.2 Å².